The fourth-order valence-electron chi connectivity index (χ4n) is 3.94. The summed E-state index contributed by atoms with van der Waals surface area (Å²) in [5.41, 5.74) is 0.110. The molecule has 5 rings (SSSR count). The van der Waals surface area contributed by atoms with Crippen LogP contribution in [-0.2, 0) is 0 Å². The fraction of sp³-hybridized carbons (Fsp3) is 0.412. The van der Waals surface area contributed by atoms with E-state index < -0.39 is 16.8 Å². The monoisotopic (exact) mass is 376 g/mol. The van der Waals surface area contributed by atoms with Crippen LogP contribution in [-0.4, -0.2) is 41.7 Å². The molecule has 1 aromatic carbocycles. The van der Waals surface area contributed by atoms with Crippen LogP contribution in [0.3, 0.4) is 0 Å². The molecule has 0 amide bonds. The van der Waals surface area contributed by atoms with E-state index in [1.807, 2.05) is 16.4 Å². The predicted octanol–water partition coefficient (Wildman–Crippen LogP) is 1.41. The second-order valence-corrected chi connectivity index (χ2v) is 7.54. The summed E-state index contributed by atoms with van der Waals surface area (Å²) in [4.78, 5) is 27.5. The number of fused-ring (bicyclic) bond motifs is 2. The maximum absolute atomic E-state index is 15.0. The van der Waals surface area contributed by atoms with Gasteiger partial charge in [0, 0.05) is 26.2 Å². The number of anilines is 1. The number of rotatable bonds is 1. The van der Waals surface area contributed by atoms with Gasteiger partial charge in [0.25, 0.3) is 5.56 Å². The van der Waals surface area contributed by atoms with Gasteiger partial charge in [-0.1, -0.05) is 0 Å². The minimum Gasteiger partial charge on any atom is -0.487 e. The molecule has 1 unspecified atom stereocenters. The number of ether oxygens (including phenoxy) is 1. The van der Waals surface area contributed by atoms with Crippen LogP contribution < -0.4 is 25.9 Å². The van der Waals surface area contributed by atoms with E-state index in [-0.39, 0.29) is 16.8 Å². The predicted molar refractivity (Wildman–Crippen MR) is 99.5 cm³/mol. The molecule has 2 aliphatic rings. The Morgan fingerprint density at radius 3 is 2.85 bits per heavy atom. The summed E-state index contributed by atoms with van der Waals surface area (Å²) in [6, 6.07) is 1.19. The second kappa shape index (κ2) is 5.55. The highest BCUT2D eigenvalue weighted by atomic mass is 32.1. The minimum atomic E-state index is -0.487. The third kappa shape index (κ3) is 2.01. The maximum Gasteiger partial charge on any atom is 0.271 e. The van der Waals surface area contributed by atoms with Crippen molar-refractivity contribution >= 4 is 38.3 Å². The summed E-state index contributed by atoms with van der Waals surface area (Å²) in [6.07, 6.45) is 0. The number of piperazine rings is 1. The second-order valence-electron chi connectivity index (χ2n) is 6.74. The quantitative estimate of drug-likeness (QED) is 0.671. The van der Waals surface area contributed by atoms with Crippen molar-refractivity contribution in [3.8, 4) is 5.75 Å². The van der Waals surface area contributed by atoms with Crippen molar-refractivity contribution in [2.45, 2.75) is 13.0 Å². The molecule has 3 aromatic rings. The van der Waals surface area contributed by atoms with E-state index in [0.29, 0.717) is 41.5 Å². The molecule has 2 aliphatic heterocycles. The molecule has 7 nitrogen and oxygen atoms in total. The molecule has 0 spiro atoms. The molecule has 0 bridgehead atoms. The van der Waals surface area contributed by atoms with Gasteiger partial charge < -0.3 is 19.5 Å². The van der Waals surface area contributed by atoms with Crippen molar-refractivity contribution in [3.63, 3.8) is 0 Å². The Hall–Kier alpha value is -2.39. The molecule has 4 heterocycles. The largest absolute Gasteiger partial charge is 0.487 e. The van der Waals surface area contributed by atoms with Gasteiger partial charge in [-0.05, 0) is 24.5 Å². The SMILES string of the molecule is CC1COc2c(N3CCNCC3)c(F)cc3c(=O)c4c(=O)[nH]sc4n1c23. The molecule has 0 saturated carbocycles. The Bertz CT molecular complexity index is 1160. The molecule has 2 aromatic heterocycles. The van der Waals surface area contributed by atoms with Gasteiger partial charge in [-0.15, -0.1) is 0 Å². The minimum absolute atomic E-state index is 0.0686. The van der Waals surface area contributed by atoms with Gasteiger partial charge >= 0.3 is 0 Å². The van der Waals surface area contributed by atoms with Gasteiger partial charge in [-0.3, -0.25) is 14.0 Å². The molecule has 0 aliphatic carbocycles. The van der Waals surface area contributed by atoms with E-state index >= 15 is 4.39 Å². The Kier molecular flexibility index (Phi) is 3.38. The number of aromatic amines is 1. The van der Waals surface area contributed by atoms with Crippen molar-refractivity contribution in [3.05, 3.63) is 32.5 Å². The van der Waals surface area contributed by atoms with Crippen LogP contribution in [0.25, 0.3) is 21.1 Å². The number of nitrogens with one attached hydrogen (secondary N) is 2. The molecule has 1 atom stereocenters. The number of aromatic nitrogens is 2. The average molecular weight is 376 g/mol. The topological polar surface area (TPSA) is 79.4 Å². The van der Waals surface area contributed by atoms with E-state index in [0.717, 1.165) is 24.6 Å². The van der Waals surface area contributed by atoms with Gasteiger partial charge in [-0.25, -0.2) is 4.39 Å². The summed E-state index contributed by atoms with van der Waals surface area (Å²) in [5.74, 6) is -0.0848. The summed E-state index contributed by atoms with van der Waals surface area (Å²) in [5, 5.41) is 3.54. The van der Waals surface area contributed by atoms with Crippen LogP contribution in [0.2, 0.25) is 0 Å². The zero-order valence-electron chi connectivity index (χ0n) is 14.1. The van der Waals surface area contributed by atoms with Crippen LogP contribution in [0.1, 0.15) is 13.0 Å². The number of H-pyrrole nitrogens is 1. The third-order valence-electron chi connectivity index (χ3n) is 5.14. The molecule has 136 valence electrons. The molecule has 26 heavy (non-hydrogen) atoms. The average Bonchev–Trinajstić information content (AvgIpc) is 3.03. The van der Waals surface area contributed by atoms with Crippen LogP contribution in [0.15, 0.2) is 15.7 Å². The van der Waals surface area contributed by atoms with Gasteiger partial charge in [0.1, 0.15) is 22.5 Å². The summed E-state index contributed by atoms with van der Waals surface area (Å²) in [6.45, 7) is 5.17. The first-order valence-electron chi connectivity index (χ1n) is 8.58. The van der Waals surface area contributed by atoms with E-state index in [9.17, 15) is 9.59 Å². The van der Waals surface area contributed by atoms with Crippen LogP contribution in [0.5, 0.6) is 5.75 Å². The number of benzene rings is 1. The first-order chi connectivity index (χ1) is 12.6. The fourth-order valence-corrected chi connectivity index (χ4v) is 4.89. The number of pyridine rings is 1. The molecular weight excluding hydrogens is 359 g/mol. The smallest absolute Gasteiger partial charge is 0.271 e. The summed E-state index contributed by atoms with van der Waals surface area (Å²) in [7, 11) is 0. The Morgan fingerprint density at radius 2 is 2.08 bits per heavy atom. The van der Waals surface area contributed by atoms with Crippen molar-refractivity contribution < 1.29 is 9.13 Å². The standard InChI is InChI=1S/C17H17FN4O3S/c1-8-7-25-15-12-9(6-10(18)13(15)21-4-2-19-3-5-21)14(23)11-16(24)20-26-17(11)22(8)12/h6,8,19H,2-5,7H2,1H3,(H,20,24). The van der Waals surface area contributed by atoms with E-state index in [4.69, 9.17) is 4.74 Å². The van der Waals surface area contributed by atoms with Crippen molar-refractivity contribution in [1.82, 2.24) is 14.3 Å². The Labute approximate surface area is 151 Å². The van der Waals surface area contributed by atoms with E-state index in [2.05, 4.69) is 9.69 Å². The summed E-state index contributed by atoms with van der Waals surface area (Å²) < 4.78 is 25.6. The number of hydrogen-bond acceptors (Lipinski definition) is 6. The van der Waals surface area contributed by atoms with Crippen LogP contribution in [0, 0.1) is 5.82 Å². The van der Waals surface area contributed by atoms with Gasteiger partial charge in [0.15, 0.2) is 11.6 Å². The van der Waals surface area contributed by atoms with Gasteiger partial charge in [0.2, 0.25) is 5.43 Å². The van der Waals surface area contributed by atoms with E-state index in [1.54, 1.807) is 0 Å². The van der Waals surface area contributed by atoms with E-state index in [1.165, 1.54) is 6.07 Å². The summed E-state index contributed by atoms with van der Waals surface area (Å²) >= 11 is 1.14. The lowest BCUT2D eigenvalue weighted by molar-refractivity contribution is 0.250. The first kappa shape index (κ1) is 15.8. The Balaban J connectivity index is 1.95. The third-order valence-corrected chi connectivity index (χ3v) is 6.02. The molecule has 0 radical (unpaired) electrons. The normalized spacial score (nSPS) is 19.9. The lowest BCUT2D eigenvalue weighted by Gasteiger charge is -2.34. The highest BCUT2D eigenvalue weighted by Crippen LogP contribution is 2.43. The van der Waals surface area contributed by atoms with Crippen molar-refractivity contribution in [2.24, 2.45) is 0 Å². The zero-order valence-corrected chi connectivity index (χ0v) is 14.9. The lowest BCUT2D eigenvalue weighted by atomic mass is 10.1. The first-order valence-corrected chi connectivity index (χ1v) is 9.40. The highest BCUT2D eigenvalue weighted by molar-refractivity contribution is 7.12. The molecular formula is C17H17FN4O3S. The number of nitrogens with zero attached hydrogens (tertiary/aromatic N) is 2. The number of halogens is 1. The molecule has 1 fully saturated rings. The number of hydrogen-bond donors (Lipinski definition) is 2. The van der Waals surface area contributed by atoms with Gasteiger partial charge in [0.05, 0.1) is 16.9 Å². The maximum atomic E-state index is 15.0. The zero-order chi connectivity index (χ0) is 18.0. The van der Waals surface area contributed by atoms with Crippen molar-refractivity contribution in [2.75, 3.05) is 37.7 Å². The van der Waals surface area contributed by atoms with Crippen LogP contribution in [0.4, 0.5) is 10.1 Å². The molecule has 1 saturated heterocycles. The molecule has 9 heteroatoms. The lowest BCUT2D eigenvalue weighted by Crippen LogP contribution is -2.44. The molecule has 2 N–H and O–H groups in total. The highest BCUT2D eigenvalue weighted by Gasteiger charge is 2.31. The Morgan fingerprint density at radius 1 is 1.31 bits per heavy atom. The van der Waals surface area contributed by atoms with Crippen LogP contribution >= 0.6 is 11.5 Å². The van der Waals surface area contributed by atoms with Gasteiger partial charge in [-0.2, -0.15) is 0 Å². The van der Waals surface area contributed by atoms with Crippen molar-refractivity contribution in [1.29, 1.82) is 0 Å².